The molecule has 3 heteroatoms. The molecule has 0 amide bonds. The Morgan fingerprint density at radius 2 is 1.58 bits per heavy atom. The van der Waals surface area contributed by atoms with E-state index in [9.17, 15) is 0 Å². The normalized spacial score (nSPS) is 10.6. The smallest absolute Gasteiger partial charge is 0.0796 e. The number of rotatable bonds is 3. The van der Waals surface area contributed by atoms with E-state index in [4.69, 9.17) is 0 Å². The predicted molar refractivity (Wildman–Crippen MR) is 75.7 cm³/mol. The van der Waals surface area contributed by atoms with Crippen LogP contribution in [0.1, 0.15) is 11.3 Å². The van der Waals surface area contributed by atoms with Crippen molar-refractivity contribution in [1.82, 2.24) is 15.0 Å². The maximum absolute atomic E-state index is 4.06. The number of aryl methyl sites for hydroxylation is 1. The minimum atomic E-state index is 0.760. The Morgan fingerprint density at radius 3 is 2.21 bits per heavy atom. The van der Waals surface area contributed by atoms with Crippen molar-refractivity contribution in [2.75, 3.05) is 0 Å². The fraction of sp³-hybridized carbons (Fsp3) is 0.125. The first kappa shape index (κ1) is 11.7. The van der Waals surface area contributed by atoms with Crippen LogP contribution in [0, 0.1) is 6.92 Å². The van der Waals surface area contributed by atoms with Crippen LogP contribution in [0.15, 0.2) is 60.8 Å². The Bertz CT molecular complexity index is 654. The molecule has 0 radical (unpaired) electrons. The van der Waals surface area contributed by atoms with Crippen LogP contribution in [0.5, 0.6) is 0 Å². The van der Waals surface area contributed by atoms with Gasteiger partial charge in [0.2, 0.25) is 0 Å². The zero-order chi connectivity index (χ0) is 13.1. The highest BCUT2D eigenvalue weighted by Crippen LogP contribution is 2.19. The maximum Gasteiger partial charge on any atom is 0.0796 e. The summed E-state index contributed by atoms with van der Waals surface area (Å²) >= 11 is 0. The van der Waals surface area contributed by atoms with Crippen molar-refractivity contribution in [3.05, 3.63) is 72.1 Å². The summed E-state index contributed by atoms with van der Waals surface area (Å²) in [5, 5.41) is 8.05. The molecule has 2 aromatic carbocycles. The highest BCUT2D eigenvalue weighted by atomic mass is 15.4. The fourth-order valence-corrected chi connectivity index (χ4v) is 2.09. The first-order valence-corrected chi connectivity index (χ1v) is 6.32. The number of nitrogens with zero attached hydrogens (tertiary/aromatic N) is 3. The molecule has 1 aromatic heterocycles. The minimum absolute atomic E-state index is 0.760. The van der Waals surface area contributed by atoms with Crippen molar-refractivity contribution in [3.8, 4) is 11.1 Å². The van der Waals surface area contributed by atoms with Crippen LogP contribution in [0.3, 0.4) is 0 Å². The zero-order valence-corrected chi connectivity index (χ0v) is 10.8. The third kappa shape index (κ3) is 2.71. The third-order valence-electron chi connectivity index (χ3n) is 3.06. The lowest BCUT2D eigenvalue weighted by molar-refractivity contribution is 0.649. The van der Waals surface area contributed by atoms with Gasteiger partial charge >= 0.3 is 0 Å². The molecule has 0 bridgehead atoms. The van der Waals surface area contributed by atoms with Gasteiger partial charge in [0.25, 0.3) is 0 Å². The second-order valence-corrected chi connectivity index (χ2v) is 4.62. The SMILES string of the molecule is Cc1cn(Cc2ccc(-c3ccccc3)cc2)nn1. The second-order valence-electron chi connectivity index (χ2n) is 4.62. The Labute approximate surface area is 112 Å². The van der Waals surface area contributed by atoms with Crippen molar-refractivity contribution in [2.45, 2.75) is 13.5 Å². The Balaban J connectivity index is 1.79. The molecule has 3 aromatic rings. The first-order chi connectivity index (χ1) is 9.31. The molecule has 3 nitrogen and oxygen atoms in total. The standard InChI is InChI=1S/C16H15N3/c1-13-11-19(18-17-13)12-14-7-9-16(10-8-14)15-5-3-2-4-6-15/h2-11H,12H2,1H3. The monoisotopic (exact) mass is 249 g/mol. The van der Waals surface area contributed by atoms with Crippen molar-refractivity contribution < 1.29 is 0 Å². The lowest BCUT2D eigenvalue weighted by atomic mass is 10.0. The molecule has 0 aliphatic rings. The number of hydrogen-bond donors (Lipinski definition) is 0. The molecule has 0 fully saturated rings. The lowest BCUT2D eigenvalue weighted by Crippen LogP contribution is -2.00. The van der Waals surface area contributed by atoms with E-state index in [1.807, 2.05) is 23.9 Å². The van der Waals surface area contributed by atoms with Gasteiger partial charge in [-0.15, -0.1) is 5.10 Å². The summed E-state index contributed by atoms with van der Waals surface area (Å²) < 4.78 is 1.85. The van der Waals surface area contributed by atoms with E-state index in [2.05, 4.69) is 58.8 Å². The highest BCUT2D eigenvalue weighted by Gasteiger charge is 2.00. The lowest BCUT2D eigenvalue weighted by Gasteiger charge is -2.04. The second kappa shape index (κ2) is 5.06. The van der Waals surface area contributed by atoms with E-state index in [0.29, 0.717) is 0 Å². The van der Waals surface area contributed by atoms with E-state index < -0.39 is 0 Å². The van der Waals surface area contributed by atoms with Crippen molar-refractivity contribution in [1.29, 1.82) is 0 Å². The first-order valence-electron chi connectivity index (χ1n) is 6.32. The largest absolute Gasteiger partial charge is 0.248 e. The number of hydrogen-bond acceptors (Lipinski definition) is 2. The summed E-state index contributed by atoms with van der Waals surface area (Å²) in [6, 6.07) is 19.0. The van der Waals surface area contributed by atoms with Crippen molar-refractivity contribution in [3.63, 3.8) is 0 Å². The van der Waals surface area contributed by atoms with Crippen LogP contribution in [0.4, 0.5) is 0 Å². The summed E-state index contributed by atoms with van der Waals surface area (Å²) in [5.74, 6) is 0. The van der Waals surface area contributed by atoms with Gasteiger partial charge in [0.15, 0.2) is 0 Å². The molecule has 0 spiro atoms. The molecule has 0 N–H and O–H groups in total. The van der Waals surface area contributed by atoms with Crippen LogP contribution in [0.2, 0.25) is 0 Å². The molecule has 0 atom stereocenters. The van der Waals surface area contributed by atoms with Crippen LogP contribution >= 0.6 is 0 Å². The topological polar surface area (TPSA) is 30.7 Å². The highest BCUT2D eigenvalue weighted by molar-refractivity contribution is 5.63. The van der Waals surface area contributed by atoms with Gasteiger partial charge in [0, 0.05) is 6.20 Å². The number of benzene rings is 2. The number of aromatic nitrogens is 3. The van der Waals surface area contributed by atoms with Gasteiger partial charge in [-0.25, -0.2) is 4.68 Å². The van der Waals surface area contributed by atoms with Crippen LogP contribution in [-0.2, 0) is 6.54 Å². The quantitative estimate of drug-likeness (QED) is 0.713. The molecule has 3 rings (SSSR count). The third-order valence-corrected chi connectivity index (χ3v) is 3.06. The molecule has 0 aliphatic carbocycles. The maximum atomic E-state index is 4.06. The average molecular weight is 249 g/mol. The minimum Gasteiger partial charge on any atom is -0.248 e. The van der Waals surface area contributed by atoms with Gasteiger partial charge in [-0.3, -0.25) is 0 Å². The van der Waals surface area contributed by atoms with Gasteiger partial charge in [-0.1, -0.05) is 59.8 Å². The molecular formula is C16H15N3. The molecule has 0 aliphatic heterocycles. The molecule has 0 unspecified atom stereocenters. The van der Waals surface area contributed by atoms with E-state index >= 15 is 0 Å². The van der Waals surface area contributed by atoms with Crippen LogP contribution < -0.4 is 0 Å². The predicted octanol–water partition coefficient (Wildman–Crippen LogP) is 3.30. The molecular weight excluding hydrogens is 234 g/mol. The summed E-state index contributed by atoms with van der Waals surface area (Å²) in [7, 11) is 0. The van der Waals surface area contributed by atoms with Crippen LogP contribution in [0.25, 0.3) is 11.1 Å². The van der Waals surface area contributed by atoms with Crippen LogP contribution in [-0.4, -0.2) is 15.0 Å². The summed E-state index contributed by atoms with van der Waals surface area (Å²) in [4.78, 5) is 0. The summed E-state index contributed by atoms with van der Waals surface area (Å²) in [5.41, 5.74) is 4.65. The Kier molecular flexibility index (Phi) is 3.11. The van der Waals surface area contributed by atoms with Gasteiger partial charge in [-0.05, 0) is 23.6 Å². The average Bonchev–Trinajstić information content (AvgIpc) is 2.86. The summed E-state index contributed by atoms with van der Waals surface area (Å²) in [6.45, 7) is 2.71. The van der Waals surface area contributed by atoms with E-state index in [1.54, 1.807) is 0 Å². The fourth-order valence-electron chi connectivity index (χ4n) is 2.09. The van der Waals surface area contributed by atoms with E-state index in [1.165, 1.54) is 16.7 Å². The Morgan fingerprint density at radius 1 is 0.895 bits per heavy atom. The molecule has 1 heterocycles. The zero-order valence-electron chi connectivity index (χ0n) is 10.8. The molecule has 0 saturated heterocycles. The van der Waals surface area contributed by atoms with Gasteiger partial charge in [0.1, 0.15) is 0 Å². The van der Waals surface area contributed by atoms with Gasteiger partial charge in [-0.2, -0.15) is 0 Å². The van der Waals surface area contributed by atoms with E-state index in [0.717, 1.165) is 12.2 Å². The Hall–Kier alpha value is -2.42. The van der Waals surface area contributed by atoms with Crippen molar-refractivity contribution >= 4 is 0 Å². The van der Waals surface area contributed by atoms with E-state index in [-0.39, 0.29) is 0 Å². The molecule has 94 valence electrons. The summed E-state index contributed by atoms with van der Waals surface area (Å²) in [6.07, 6.45) is 1.95. The molecule has 19 heavy (non-hydrogen) atoms. The van der Waals surface area contributed by atoms with Crippen molar-refractivity contribution in [2.24, 2.45) is 0 Å². The van der Waals surface area contributed by atoms with Gasteiger partial charge < -0.3 is 0 Å². The molecule has 0 saturated carbocycles. The van der Waals surface area contributed by atoms with Gasteiger partial charge in [0.05, 0.1) is 12.2 Å².